The van der Waals surface area contributed by atoms with Crippen molar-refractivity contribution in [2.24, 2.45) is 22.9 Å². The number of aromatic nitrogens is 4. The Kier molecular flexibility index (Phi) is 23.3. The molecule has 0 fully saturated rings. The number of carboxylic acid groups (broad SMARTS) is 2. The number of nitrogens with two attached hydrogens (primary N) is 4. The molecule has 2 aromatic heterocycles. The number of nitrogens with one attached hydrogen (secondary N) is 6. The van der Waals surface area contributed by atoms with Gasteiger partial charge >= 0.3 is 17.1 Å². The van der Waals surface area contributed by atoms with Crippen molar-refractivity contribution in [1.29, 1.82) is 0 Å². The first-order valence-corrected chi connectivity index (χ1v) is 15.3. The molecule has 0 aromatic carbocycles. The monoisotopic (exact) mass is 733 g/mol. The van der Waals surface area contributed by atoms with Crippen LogP contribution in [0.3, 0.4) is 0 Å². The molecule has 0 aliphatic heterocycles. The Balaban J connectivity index is 0.000000922. The zero-order valence-corrected chi connectivity index (χ0v) is 28.1. The number of imidazole rings is 2. The second-order valence-electron chi connectivity index (χ2n) is 10.5. The van der Waals surface area contributed by atoms with Crippen LogP contribution in [0.15, 0.2) is 25.0 Å². The Morgan fingerprint density at radius 3 is 1.24 bits per heavy atom. The number of hydrogen-bond donors (Lipinski definition) is 10. The summed E-state index contributed by atoms with van der Waals surface area (Å²) < 4.78 is 0. The van der Waals surface area contributed by atoms with Gasteiger partial charge in [0.15, 0.2) is 0 Å². The number of aromatic amines is 2. The molecular weight excluding hydrogens is 687 g/mol. The van der Waals surface area contributed by atoms with Gasteiger partial charge in [-0.3, -0.25) is 19.2 Å². The van der Waals surface area contributed by atoms with E-state index in [0.29, 0.717) is 50.2 Å². The Bertz CT molecular complexity index is 1170. The number of amides is 4. The van der Waals surface area contributed by atoms with Crippen LogP contribution in [0.2, 0.25) is 0 Å². The summed E-state index contributed by atoms with van der Waals surface area (Å²) in [7, 11) is 0. The second-order valence-corrected chi connectivity index (χ2v) is 10.5. The summed E-state index contributed by atoms with van der Waals surface area (Å²) >= 11 is 0. The minimum Gasteiger partial charge on any atom is -0.548 e. The summed E-state index contributed by atoms with van der Waals surface area (Å²) in [5, 5.41) is 32.0. The molecule has 2 heterocycles. The van der Waals surface area contributed by atoms with Gasteiger partial charge in [-0.2, -0.15) is 0 Å². The molecule has 4 atom stereocenters. The van der Waals surface area contributed by atoms with Gasteiger partial charge < -0.3 is 74.0 Å². The van der Waals surface area contributed by atoms with E-state index < -0.39 is 59.7 Å². The summed E-state index contributed by atoms with van der Waals surface area (Å²) in [6.45, 7) is 0.297. The molecule has 4 amide bonds. The van der Waals surface area contributed by atoms with E-state index in [0.717, 1.165) is 0 Å². The molecule has 1 radical (unpaired) electrons. The molecule has 2 rings (SSSR count). The molecule has 49 heavy (non-hydrogen) atoms. The van der Waals surface area contributed by atoms with E-state index in [9.17, 15) is 39.0 Å². The molecule has 20 nitrogen and oxygen atoms in total. The van der Waals surface area contributed by atoms with Gasteiger partial charge in [-0.25, -0.2) is 9.97 Å². The molecule has 0 saturated carbocycles. The van der Waals surface area contributed by atoms with Crippen LogP contribution < -0.4 is 54.4 Å². The topological polar surface area (TPSA) is 358 Å². The average Bonchev–Trinajstić information content (AvgIpc) is 3.78. The Labute approximate surface area is 293 Å². The van der Waals surface area contributed by atoms with Crippen molar-refractivity contribution in [1.82, 2.24) is 41.2 Å². The molecule has 0 unspecified atom stereocenters. The van der Waals surface area contributed by atoms with Gasteiger partial charge in [-0.05, 0) is 51.6 Å². The maximum absolute atomic E-state index is 12.4. The van der Waals surface area contributed by atoms with Crippen molar-refractivity contribution < 1.29 is 56.0 Å². The summed E-state index contributed by atoms with van der Waals surface area (Å²) in [6, 6.07) is -4.25. The predicted molar refractivity (Wildman–Crippen MR) is 166 cm³/mol. The summed E-state index contributed by atoms with van der Waals surface area (Å²) in [5.41, 5.74) is 22.4. The van der Waals surface area contributed by atoms with Crippen LogP contribution in [0.1, 0.15) is 49.9 Å². The van der Waals surface area contributed by atoms with Gasteiger partial charge in [-0.1, -0.05) is 0 Å². The van der Waals surface area contributed by atoms with E-state index in [-0.39, 0.29) is 55.8 Å². The second kappa shape index (κ2) is 25.6. The van der Waals surface area contributed by atoms with E-state index in [1.165, 1.54) is 25.0 Å². The van der Waals surface area contributed by atoms with Crippen LogP contribution >= 0.6 is 0 Å². The number of hydrogen-bond acceptors (Lipinski definition) is 14. The van der Waals surface area contributed by atoms with Gasteiger partial charge in [-0.15, -0.1) is 0 Å². The largest absolute Gasteiger partial charge is 2.00 e. The van der Waals surface area contributed by atoms with Crippen LogP contribution in [0, 0.1) is 0 Å². The molecule has 0 spiro atoms. The Morgan fingerprint density at radius 1 is 0.612 bits per heavy atom. The van der Waals surface area contributed by atoms with Crippen LogP contribution in [0.5, 0.6) is 0 Å². The van der Waals surface area contributed by atoms with Crippen LogP contribution in [0.25, 0.3) is 0 Å². The fraction of sp³-hybridized carbons (Fsp3) is 0.571. The normalized spacial score (nSPS) is 12.8. The third-order valence-electron chi connectivity index (χ3n) is 6.73. The van der Waals surface area contributed by atoms with Gasteiger partial charge in [0.1, 0.15) is 12.1 Å². The van der Waals surface area contributed by atoms with E-state index in [1.54, 1.807) is 0 Å². The number of nitrogens with zero attached hydrogens (tertiary/aromatic N) is 2. The van der Waals surface area contributed by atoms with Crippen molar-refractivity contribution in [2.75, 3.05) is 26.2 Å². The van der Waals surface area contributed by atoms with Gasteiger partial charge in [0.05, 0.1) is 49.8 Å². The summed E-state index contributed by atoms with van der Waals surface area (Å²) in [6.07, 6.45) is 8.89. The maximum atomic E-state index is 12.4. The van der Waals surface area contributed by atoms with Crippen LogP contribution in [-0.2, 0) is 58.7 Å². The van der Waals surface area contributed by atoms with Crippen molar-refractivity contribution in [2.45, 2.75) is 75.5 Å². The number of carbonyl (C=O) groups is 6. The third-order valence-corrected chi connectivity index (χ3v) is 6.73. The van der Waals surface area contributed by atoms with E-state index in [4.69, 9.17) is 22.9 Å². The quantitative estimate of drug-likeness (QED) is 0.0397. The zero-order chi connectivity index (χ0) is 35.9. The Hall–Kier alpha value is -4.40. The first-order chi connectivity index (χ1) is 22.9. The van der Waals surface area contributed by atoms with Crippen molar-refractivity contribution in [3.05, 3.63) is 36.4 Å². The van der Waals surface area contributed by atoms with Crippen LogP contribution in [0.4, 0.5) is 0 Å². The van der Waals surface area contributed by atoms with Crippen molar-refractivity contribution in [3.63, 3.8) is 0 Å². The molecule has 21 heteroatoms. The fourth-order valence-corrected chi connectivity index (χ4v) is 4.19. The first-order valence-electron chi connectivity index (χ1n) is 15.3. The predicted octanol–water partition coefficient (Wildman–Crippen LogP) is -6.48. The average molecular weight is 734 g/mol. The smallest absolute Gasteiger partial charge is 0.548 e. The first kappa shape index (κ1) is 44.6. The summed E-state index contributed by atoms with van der Waals surface area (Å²) in [5.74, 6) is -5.08. The molecule has 2 aromatic rings. The maximum Gasteiger partial charge on any atom is 2.00 e. The molecule has 14 N–H and O–H groups in total. The number of aliphatic carboxylic acids is 2. The third kappa shape index (κ3) is 18.7. The number of rotatable bonds is 22. The molecule has 0 bridgehead atoms. The molecule has 273 valence electrons. The summed E-state index contributed by atoms with van der Waals surface area (Å²) in [4.78, 5) is 83.3. The van der Waals surface area contributed by atoms with Gasteiger partial charge in [0.2, 0.25) is 23.6 Å². The molecule has 0 saturated heterocycles. The minimum absolute atomic E-state index is 0. The van der Waals surface area contributed by atoms with Gasteiger partial charge in [0, 0.05) is 36.6 Å². The molecule has 0 aliphatic rings. The van der Waals surface area contributed by atoms with E-state index >= 15 is 0 Å². The van der Waals surface area contributed by atoms with Crippen molar-refractivity contribution in [3.8, 4) is 0 Å². The zero-order valence-electron chi connectivity index (χ0n) is 27.0. The number of H-pyrrole nitrogens is 2. The van der Waals surface area contributed by atoms with Crippen LogP contribution in [-0.4, -0.2) is 106 Å². The number of carbonyl (C=O) groups excluding carboxylic acids is 6. The fourth-order valence-electron chi connectivity index (χ4n) is 4.19. The molecular formula is C28H46MnN12O8. The Morgan fingerprint density at radius 2 is 0.980 bits per heavy atom. The number of carboxylic acids is 2. The van der Waals surface area contributed by atoms with E-state index in [1.807, 2.05) is 0 Å². The SMILES string of the molecule is NCCCC[C@H](NC(=O)[C@@H](Cc1cnc[nH]1)NC(=O)CN)C(=O)[O-].NCCCC[C@H](NC(=O)[C@@H](Cc1cnc[nH]1)NC(=O)CN)C(=O)[O-].[Mn+2]. The minimum atomic E-state index is -1.38. The van der Waals surface area contributed by atoms with Gasteiger partial charge in [0.25, 0.3) is 0 Å². The van der Waals surface area contributed by atoms with E-state index in [2.05, 4.69) is 41.2 Å². The number of unbranched alkanes of at least 4 members (excludes halogenated alkanes) is 2. The van der Waals surface area contributed by atoms with Crippen molar-refractivity contribution >= 4 is 35.6 Å². The molecule has 0 aliphatic carbocycles. The standard InChI is InChI=1S/2C14H24N6O4.Mn/c2*15-4-2-1-3-10(14(23)24)20-13(22)11(19-12(21)6-16)5-9-7-17-8-18-9;/h2*7-8,10-11H,1-6,15-16H2,(H,17,18)(H,19,21)(H,20,22)(H,23,24);/q;;+2/p-2/t2*10-,11+;/m00./s1.